The lowest BCUT2D eigenvalue weighted by molar-refractivity contribution is -0.111. The van der Waals surface area contributed by atoms with Crippen LogP contribution in [0.3, 0.4) is 0 Å². The molecular formula is C2H2BrNO3S. The maximum absolute atomic E-state index is 9.89. The molecule has 0 aromatic carbocycles. The summed E-state index contributed by atoms with van der Waals surface area (Å²) in [6.07, 6.45) is 0. The van der Waals surface area contributed by atoms with Crippen LogP contribution in [0, 0.1) is 0 Å². The van der Waals surface area contributed by atoms with E-state index in [1.165, 1.54) is 0 Å². The number of nitrogens with two attached hydrogens (primary N) is 1. The van der Waals surface area contributed by atoms with Crippen molar-refractivity contribution in [2.24, 2.45) is 5.73 Å². The molecule has 0 aromatic rings. The molecule has 4 nitrogen and oxygen atoms in total. The molecule has 0 aliphatic carbocycles. The van der Waals surface area contributed by atoms with E-state index >= 15 is 0 Å². The maximum atomic E-state index is 9.89. The van der Waals surface area contributed by atoms with Crippen molar-refractivity contribution in [2.45, 2.75) is 0 Å². The summed E-state index contributed by atoms with van der Waals surface area (Å²) in [5.74, 6) is -0.988. The lowest BCUT2D eigenvalue weighted by Gasteiger charge is -1.76. The van der Waals surface area contributed by atoms with Gasteiger partial charge < -0.3 is 5.73 Å². The first-order valence-corrected chi connectivity index (χ1v) is 3.34. The number of halogens is 1. The van der Waals surface area contributed by atoms with E-state index in [4.69, 9.17) is 0 Å². The highest BCUT2D eigenvalue weighted by molar-refractivity contribution is 9.20. The normalized spacial score (nSPS) is 8.12. The van der Waals surface area contributed by atoms with E-state index in [0.29, 0.717) is 0 Å². The Hall–Kier alpha value is -0.360. The van der Waals surface area contributed by atoms with Crippen molar-refractivity contribution >= 4 is 35.9 Å². The number of carbonyl (C=O) groups excluding carboxylic acids is 1. The Morgan fingerprint density at radius 2 is 1.88 bits per heavy atom. The maximum Gasteiger partial charge on any atom is 0.271 e. The van der Waals surface area contributed by atoms with E-state index in [9.17, 15) is 13.2 Å². The first-order valence-electron chi connectivity index (χ1n) is 1.47. The third kappa shape index (κ3) is 2.08. The van der Waals surface area contributed by atoms with Gasteiger partial charge in [0.15, 0.2) is 0 Å². The van der Waals surface area contributed by atoms with Crippen LogP contribution < -0.4 is 5.73 Å². The second kappa shape index (κ2) is 2.83. The molecule has 0 aromatic heterocycles. The van der Waals surface area contributed by atoms with Crippen molar-refractivity contribution in [3.63, 3.8) is 0 Å². The Balaban J connectivity index is 4.78. The number of primary amides is 1. The van der Waals surface area contributed by atoms with Crippen molar-refractivity contribution in [1.29, 1.82) is 0 Å². The Morgan fingerprint density at radius 3 is 1.88 bits per heavy atom. The number of hydrogen-bond acceptors (Lipinski definition) is 3. The Bertz CT molecular complexity index is 220. The molecule has 0 bridgehead atoms. The van der Waals surface area contributed by atoms with Gasteiger partial charge >= 0.3 is 0 Å². The van der Waals surface area contributed by atoms with Gasteiger partial charge in [0.25, 0.3) is 5.91 Å². The van der Waals surface area contributed by atoms with Crippen LogP contribution in [-0.4, -0.2) is 18.1 Å². The summed E-state index contributed by atoms with van der Waals surface area (Å²) < 4.78 is 19.0. The zero-order valence-corrected chi connectivity index (χ0v) is 5.99. The monoisotopic (exact) mass is 199 g/mol. The minimum atomic E-state index is -2.53. The summed E-state index contributed by atoms with van der Waals surface area (Å²) in [5, 5.41) is 0. The average molecular weight is 200 g/mol. The van der Waals surface area contributed by atoms with E-state index in [1.807, 2.05) is 0 Å². The van der Waals surface area contributed by atoms with Crippen LogP contribution in [0.5, 0.6) is 0 Å². The summed E-state index contributed by atoms with van der Waals surface area (Å²) >= 11 is 2.44. The third-order valence-corrected chi connectivity index (χ3v) is 2.02. The van der Waals surface area contributed by atoms with Crippen molar-refractivity contribution in [3.05, 3.63) is 0 Å². The van der Waals surface area contributed by atoms with Gasteiger partial charge in [0.1, 0.15) is 0 Å². The van der Waals surface area contributed by atoms with Crippen molar-refractivity contribution in [3.8, 4) is 0 Å². The van der Waals surface area contributed by atoms with Crippen molar-refractivity contribution in [2.75, 3.05) is 0 Å². The third-order valence-electron chi connectivity index (χ3n) is 0.340. The Morgan fingerprint density at radius 1 is 1.50 bits per heavy atom. The number of carbonyl (C=O) groups is 1. The molecule has 6 heteroatoms. The van der Waals surface area contributed by atoms with E-state index in [1.54, 1.807) is 0 Å². The van der Waals surface area contributed by atoms with E-state index < -0.39 is 20.0 Å². The van der Waals surface area contributed by atoms with Gasteiger partial charge in [-0.05, 0) is 15.9 Å². The van der Waals surface area contributed by atoms with Crippen LogP contribution in [0.4, 0.5) is 0 Å². The van der Waals surface area contributed by atoms with Gasteiger partial charge in [0, 0.05) is 0 Å². The molecule has 0 aliphatic rings. The highest BCUT2D eigenvalue weighted by Gasteiger charge is 2.00. The molecule has 0 heterocycles. The van der Waals surface area contributed by atoms with Gasteiger partial charge in [-0.25, -0.2) is 0 Å². The van der Waals surface area contributed by atoms with Gasteiger partial charge in [0.2, 0.25) is 14.1 Å². The SMILES string of the molecule is NC(=O)C(Br)=S(=O)=O. The van der Waals surface area contributed by atoms with Crippen molar-refractivity contribution in [1.82, 2.24) is 0 Å². The van der Waals surface area contributed by atoms with Crippen LogP contribution in [0.15, 0.2) is 0 Å². The molecule has 0 aliphatic heterocycles. The zero-order valence-electron chi connectivity index (χ0n) is 3.59. The van der Waals surface area contributed by atoms with Crippen LogP contribution in [-0.2, 0) is 15.1 Å². The van der Waals surface area contributed by atoms with Crippen LogP contribution >= 0.6 is 15.9 Å². The van der Waals surface area contributed by atoms with Crippen molar-refractivity contribution < 1.29 is 13.2 Å². The first kappa shape index (κ1) is 7.64. The fourth-order valence-corrected chi connectivity index (χ4v) is 0.246. The minimum absolute atomic E-state index is 0.530. The molecule has 0 unspecified atom stereocenters. The summed E-state index contributed by atoms with van der Waals surface area (Å²) in [5.41, 5.74) is 4.52. The highest BCUT2D eigenvalue weighted by atomic mass is 79.9. The van der Waals surface area contributed by atoms with Gasteiger partial charge in [-0.1, -0.05) is 0 Å². The predicted octanol–water partition coefficient (Wildman–Crippen LogP) is -1.12. The standard InChI is InChI=1S/C2H2BrNO3S/c3-1(2(4)5)8(6)7/h(H2,4,5). The predicted molar refractivity (Wildman–Crippen MR) is 32.0 cm³/mol. The molecule has 0 spiro atoms. The molecule has 0 radical (unpaired) electrons. The largest absolute Gasteiger partial charge is 0.364 e. The molecule has 0 saturated heterocycles. The molecule has 2 N–H and O–H groups in total. The van der Waals surface area contributed by atoms with Gasteiger partial charge in [-0.15, -0.1) is 0 Å². The average Bonchev–Trinajstić information content (AvgIpc) is 1.64. The van der Waals surface area contributed by atoms with E-state index in [-0.39, 0.29) is 0 Å². The number of rotatable bonds is 1. The quantitative estimate of drug-likeness (QED) is 0.430. The highest BCUT2D eigenvalue weighted by Crippen LogP contribution is 1.81. The molecule has 0 fully saturated rings. The zero-order chi connectivity index (χ0) is 6.73. The van der Waals surface area contributed by atoms with Crippen LogP contribution in [0.2, 0.25) is 0 Å². The molecule has 1 amide bonds. The summed E-state index contributed by atoms with van der Waals surface area (Å²) in [6.45, 7) is 0. The Labute approximate surface area is 55.3 Å². The summed E-state index contributed by atoms with van der Waals surface area (Å²) in [6, 6.07) is 0. The van der Waals surface area contributed by atoms with Gasteiger partial charge in [0.05, 0.1) is 0 Å². The van der Waals surface area contributed by atoms with Gasteiger partial charge in [-0.3, -0.25) is 4.79 Å². The number of hydrogen-bond donors (Lipinski definition) is 1. The fourth-order valence-electron chi connectivity index (χ4n) is 0.0821. The second-order valence-electron chi connectivity index (χ2n) is 0.873. The topological polar surface area (TPSA) is 77.2 Å². The lowest BCUT2D eigenvalue weighted by atomic mass is 10.8. The number of amides is 1. The van der Waals surface area contributed by atoms with E-state index in [0.717, 1.165) is 0 Å². The lowest BCUT2D eigenvalue weighted by Crippen LogP contribution is -2.18. The molecule has 46 valence electrons. The summed E-state index contributed by atoms with van der Waals surface area (Å²) in [4.78, 5) is 9.89. The molecule has 8 heavy (non-hydrogen) atoms. The molecule has 0 rings (SSSR count). The molecule has 0 saturated carbocycles. The molecule has 0 atom stereocenters. The second-order valence-corrected chi connectivity index (χ2v) is 3.07. The van der Waals surface area contributed by atoms with E-state index in [2.05, 4.69) is 21.7 Å². The van der Waals surface area contributed by atoms with Gasteiger partial charge in [-0.2, -0.15) is 8.42 Å². The fraction of sp³-hybridized carbons (Fsp3) is 0. The molecular weight excluding hydrogens is 198 g/mol. The minimum Gasteiger partial charge on any atom is -0.364 e. The van der Waals surface area contributed by atoms with Crippen LogP contribution in [0.25, 0.3) is 0 Å². The summed E-state index contributed by atoms with van der Waals surface area (Å²) in [7, 11) is -2.53. The Kier molecular flexibility index (Phi) is 2.70. The smallest absolute Gasteiger partial charge is 0.271 e. The van der Waals surface area contributed by atoms with Crippen LogP contribution in [0.1, 0.15) is 0 Å². The first-order chi connectivity index (χ1) is 3.55.